The zero-order valence-electron chi connectivity index (χ0n) is 15.2. The predicted molar refractivity (Wildman–Crippen MR) is 105 cm³/mol. The van der Waals surface area contributed by atoms with E-state index in [4.69, 9.17) is 0 Å². The number of rotatable bonds is 9. The van der Waals surface area contributed by atoms with Gasteiger partial charge in [-0.05, 0) is 23.8 Å². The third kappa shape index (κ3) is 8.20. The van der Waals surface area contributed by atoms with Crippen molar-refractivity contribution in [2.75, 3.05) is 18.4 Å². The molecule has 0 aliphatic heterocycles. The van der Waals surface area contributed by atoms with Crippen molar-refractivity contribution in [1.82, 2.24) is 10.0 Å². The van der Waals surface area contributed by atoms with E-state index in [1.807, 2.05) is 0 Å². The molecule has 0 fully saturated rings. The molecule has 2 amide bonds. The lowest BCUT2D eigenvalue weighted by atomic mass is 10.2. The first kappa shape index (κ1) is 22.2. The fourth-order valence-electron chi connectivity index (χ4n) is 2.13. The van der Waals surface area contributed by atoms with E-state index in [0.29, 0.717) is 5.56 Å². The maximum atomic E-state index is 13.1. The van der Waals surface area contributed by atoms with Crippen molar-refractivity contribution >= 4 is 33.6 Å². The van der Waals surface area contributed by atoms with Gasteiger partial charge >= 0.3 is 0 Å². The summed E-state index contributed by atoms with van der Waals surface area (Å²) in [5, 5.41) is 5.59. The minimum Gasteiger partial charge on any atom is -0.347 e. The molecule has 2 rings (SSSR count). The third-order valence-corrected chi connectivity index (χ3v) is 4.64. The number of carbonyl (C=O) groups excluding carboxylic acids is 2. The Bertz CT molecular complexity index is 996. The molecule has 0 saturated carbocycles. The standard InChI is InChI=1S/C19H19F2N3O4S/c20-16-7-6-15(12-17(16)21)24-19(26)13-22-18(25)8-10-23-29(27,28)11-9-14-4-2-1-3-5-14/h1-7,9,11-12,23H,8,10,13H2,(H,22,25)(H,24,26)/b11-9+. The van der Waals surface area contributed by atoms with Gasteiger partial charge in [0.05, 0.1) is 6.54 Å². The zero-order chi connectivity index (χ0) is 21.3. The van der Waals surface area contributed by atoms with Crippen LogP contribution in [-0.2, 0) is 19.6 Å². The van der Waals surface area contributed by atoms with Gasteiger partial charge < -0.3 is 10.6 Å². The number of carbonyl (C=O) groups is 2. The monoisotopic (exact) mass is 423 g/mol. The number of hydrogen-bond acceptors (Lipinski definition) is 4. The number of hydrogen-bond donors (Lipinski definition) is 3. The van der Waals surface area contributed by atoms with Gasteiger partial charge in [0.25, 0.3) is 0 Å². The van der Waals surface area contributed by atoms with Crippen molar-refractivity contribution < 1.29 is 26.8 Å². The van der Waals surface area contributed by atoms with Gasteiger partial charge in [-0.1, -0.05) is 30.3 Å². The highest BCUT2D eigenvalue weighted by Gasteiger charge is 2.10. The SMILES string of the molecule is O=C(CCNS(=O)(=O)/C=C/c1ccccc1)NCC(=O)Nc1ccc(F)c(F)c1. The van der Waals surface area contributed by atoms with Crippen molar-refractivity contribution in [3.05, 3.63) is 71.1 Å². The molecule has 0 saturated heterocycles. The minimum absolute atomic E-state index is 0.0427. The van der Waals surface area contributed by atoms with Crippen molar-refractivity contribution in [2.24, 2.45) is 0 Å². The van der Waals surface area contributed by atoms with Gasteiger partial charge in [-0.3, -0.25) is 9.59 Å². The van der Waals surface area contributed by atoms with Crippen molar-refractivity contribution in [1.29, 1.82) is 0 Å². The van der Waals surface area contributed by atoms with Gasteiger partial charge in [0, 0.05) is 30.1 Å². The quantitative estimate of drug-likeness (QED) is 0.574. The summed E-state index contributed by atoms with van der Waals surface area (Å²) in [6.45, 7) is -0.559. The van der Waals surface area contributed by atoms with Crippen LogP contribution in [0.3, 0.4) is 0 Å². The van der Waals surface area contributed by atoms with E-state index in [1.165, 1.54) is 12.1 Å². The number of amides is 2. The summed E-state index contributed by atoms with van der Waals surface area (Å²) in [7, 11) is -3.71. The number of sulfonamides is 1. The fourth-order valence-corrected chi connectivity index (χ4v) is 2.95. The molecule has 29 heavy (non-hydrogen) atoms. The number of nitrogens with one attached hydrogen (secondary N) is 3. The van der Waals surface area contributed by atoms with E-state index in [0.717, 1.165) is 17.5 Å². The summed E-state index contributed by atoms with van der Waals surface area (Å²) in [6, 6.07) is 11.7. The van der Waals surface area contributed by atoms with E-state index in [-0.39, 0.29) is 18.7 Å². The summed E-state index contributed by atoms with van der Waals surface area (Å²) in [5.74, 6) is -3.35. The van der Waals surface area contributed by atoms with Crippen molar-refractivity contribution in [2.45, 2.75) is 6.42 Å². The van der Waals surface area contributed by atoms with Crippen LogP contribution in [0, 0.1) is 11.6 Å². The predicted octanol–water partition coefficient (Wildman–Crippen LogP) is 2.00. The molecule has 0 atom stereocenters. The molecule has 2 aromatic carbocycles. The highest BCUT2D eigenvalue weighted by Crippen LogP contribution is 2.12. The van der Waals surface area contributed by atoms with E-state index < -0.39 is 40.0 Å². The first-order chi connectivity index (χ1) is 13.7. The Morgan fingerprint density at radius 3 is 2.38 bits per heavy atom. The Kier molecular flexibility index (Phi) is 7.98. The number of benzene rings is 2. The van der Waals surface area contributed by atoms with E-state index in [2.05, 4.69) is 15.4 Å². The first-order valence-corrected chi connectivity index (χ1v) is 10.0. The van der Waals surface area contributed by atoms with Crippen LogP contribution in [0.5, 0.6) is 0 Å². The minimum atomic E-state index is -3.71. The first-order valence-electron chi connectivity index (χ1n) is 8.49. The molecule has 2 aromatic rings. The van der Waals surface area contributed by atoms with Crippen molar-refractivity contribution in [3.63, 3.8) is 0 Å². The zero-order valence-corrected chi connectivity index (χ0v) is 16.0. The second-order valence-electron chi connectivity index (χ2n) is 5.86. The van der Waals surface area contributed by atoms with Crippen LogP contribution >= 0.6 is 0 Å². The molecule has 0 bridgehead atoms. The maximum Gasteiger partial charge on any atom is 0.243 e. The second kappa shape index (κ2) is 10.4. The molecule has 0 heterocycles. The molecule has 0 unspecified atom stereocenters. The molecule has 7 nitrogen and oxygen atoms in total. The van der Waals surface area contributed by atoms with Gasteiger partial charge in [0.15, 0.2) is 11.6 Å². The molecule has 3 N–H and O–H groups in total. The van der Waals surface area contributed by atoms with Crippen LogP contribution in [-0.4, -0.2) is 33.3 Å². The van der Waals surface area contributed by atoms with Crippen LogP contribution in [0.2, 0.25) is 0 Å². The lowest BCUT2D eigenvalue weighted by molar-refractivity contribution is -0.124. The molecule has 10 heteroatoms. The van der Waals surface area contributed by atoms with Gasteiger partial charge in [-0.25, -0.2) is 21.9 Å². The average molecular weight is 423 g/mol. The molecule has 0 radical (unpaired) electrons. The Morgan fingerprint density at radius 2 is 1.69 bits per heavy atom. The topological polar surface area (TPSA) is 104 Å². The molecule has 0 aromatic heterocycles. The third-order valence-electron chi connectivity index (χ3n) is 3.54. The van der Waals surface area contributed by atoms with Crippen LogP contribution in [0.15, 0.2) is 53.9 Å². The van der Waals surface area contributed by atoms with E-state index >= 15 is 0 Å². The smallest absolute Gasteiger partial charge is 0.243 e. The fraction of sp³-hybridized carbons (Fsp3) is 0.158. The molecule has 0 aliphatic rings. The highest BCUT2D eigenvalue weighted by molar-refractivity contribution is 7.92. The number of halogens is 2. The lowest BCUT2D eigenvalue weighted by Gasteiger charge is -2.07. The Labute approximate surface area is 166 Å². The van der Waals surface area contributed by atoms with Crippen LogP contribution in [0.25, 0.3) is 6.08 Å². The Morgan fingerprint density at radius 1 is 0.966 bits per heavy atom. The molecule has 0 spiro atoms. The normalized spacial score (nSPS) is 11.4. The van der Waals surface area contributed by atoms with Crippen LogP contribution in [0.1, 0.15) is 12.0 Å². The Hall–Kier alpha value is -3.11. The summed E-state index contributed by atoms with van der Waals surface area (Å²) in [4.78, 5) is 23.4. The summed E-state index contributed by atoms with van der Waals surface area (Å²) < 4.78 is 51.9. The lowest BCUT2D eigenvalue weighted by Crippen LogP contribution is -2.35. The molecule has 154 valence electrons. The van der Waals surface area contributed by atoms with Gasteiger partial charge in [0.2, 0.25) is 21.8 Å². The highest BCUT2D eigenvalue weighted by atomic mass is 32.2. The summed E-state index contributed by atoms with van der Waals surface area (Å²) >= 11 is 0. The molecular formula is C19H19F2N3O4S. The number of anilines is 1. The van der Waals surface area contributed by atoms with Gasteiger partial charge in [0.1, 0.15) is 0 Å². The molecule has 0 aliphatic carbocycles. The van der Waals surface area contributed by atoms with Crippen molar-refractivity contribution in [3.8, 4) is 0 Å². The van der Waals surface area contributed by atoms with Crippen LogP contribution < -0.4 is 15.4 Å². The summed E-state index contributed by atoms with van der Waals surface area (Å²) in [5.41, 5.74) is 0.753. The van der Waals surface area contributed by atoms with Gasteiger partial charge in [-0.2, -0.15) is 0 Å². The maximum absolute atomic E-state index is 13.1. The average Bonchev–Trinajstić information content (AvgIpc) is 2.68. The van der Waals surface area contributed by atoms with E-state index in [9.17, 15) is 26.8 Å². The molecular weight excluding hydrogens is 404 g/mol. The van der Waals surface area contributed by atoms with Crippen LogP contribution in [0.4, 0.5) is 14.5 Å². The second-order valence-corrected chi connectivity index (χ2v) is 7.51. The summed E-state index contributed by atoms with van der Waals surface area (Å²) in [6.07, 6.45) is 1.24. The van der Waals surface area contributed by atoms with E-state index in [1.54, 1.807) is 30.3 Å². The largest absolute Gasteiger partial charge is 0.347 e. The van der Waals surface area contributed by atoms with Gasteiger partial charge in [-0.15, -0.1) is 0 Å². The Balaban J connectivity index is 1.70.